The Kier molecular flexibility index (Phi) is 5.38. The molecule has 1 amide bonds. The Bertz CT molecular complexity index is 1370. The molecule has 2 aromatic heterocycles. The molecule has 176 valence electrons. The summed E-state index contributed by atoms with van der Waals surface area (Å²) in [5.41, 5.74) is 1.14. The lowest BCUT2D eigenvalue weighted by Crippen LogP contribution is -2.24. The second-order valence-electron chi connectivity index (χ2n) is 8.08. The van der Waals surface area contributed by atoms with Gasteiger partial charge in [-0.3, -0.25) is 9.78 Å². The molecular formula is C24H17F5N2O3. The molecule has 0 aliphatic carbocycles. The average molecular weight is 476 g/mol. The third kappa shape index (κ3) is 4.04. The number of hydrogen-bond donors (Lipinski definition) is 0. The highest BCUT2D eigenvalue weighted by molar-refractivity contribution is 6.08. The first-order valence-electron chi connectivity index (χ1n) is 10.4. The Hall–Kier alpha value is -3.69. The lowest BCUT2D eigenvalue weighted by molar-refractivity contribution is -0.137. The van der Waals surface area contributed by atoms with E-state index in [0.717, 1.165) is 17.7 Å². The predicted molar refractivity (Wildman–Crippen MR) is 112 cm³/mol. The van der Waals surface area contributed by atoms with Gasteiger partial charge in [-0.15, -0.1) is 0 Å². The standard InChI is InChI=1S/C24H17F5N2O3/c25-23(26)34-19-6-5-16(21-17-10-30-8-7-18(17)33-22(19)21)14-9-20(32)31(12-14)11-13-1-3-15(4-2-13)24(27,28)29/h1-8,10,14,23H,9,11-12H2. The van der Waals surface area contributed by atoms with Crippen molar-refractivity contribution in [2.24, 2.45) is 0 Å². The van der Waals surface area contributed by atoms with E-state index in [1.54, 1.807) is 23.2 Å². The summed E-state index contributed by atoms with van der Waals surface area (Å²) in [7, 11) is 0. The van der Waals surface area contributed by atoms with Crippen molar-refractivity contribution in [3.8, 4) is 5.75 Å². The minimum atomic E-state index is -4.43. The Morgan fingerprint density at radius 3 is 2.59 bits per heavy atom. The maximum absolute atomic E-state index is 12.9. The highest BCUT2D eigenvalue weighted by Crippen LogP contribution is 2.42. The van der Waals surface area contributed by atoms with Crippen LogP contribution in [-0.2, 0) is 17.5 Å². The number of likely N-dealkylation sites (tertiary alicyclic amines) is 1. The Balaban J connectivity index is 1.46. The number of carbonyl (C=O) groups excluding carboxylic acids is 1. The summed E-state index contributed by atoms with van der Waals surface area (Å²) in [4.78, 5) is 18.4. The van der Waals surface area contributed by atoms with Crippen molar-refractivity contribution in [1.29, 1.82) is 0 Å². The Morgan fingerprint density at radius 1 is 1.12 bits per heavy atom. The second kappa shape index (κ2) is 8.27. The van der Waals surface area contributed by atoms with Crippen LogP contribution in [0.15, 0.2) is 59.3 Å². The molecule has 1 atom stereocenters. The van der Waals surface area contributed by atoms with Gasteiger partial charge in [-0.25, -0.2) is 0 Å². The van der Waals surface area contributed by atoms with Gasteiger partial charge in [0.25, 0.3) is 0 Å². The van der Waals surface area contributed by atoms with E-state index in [-0.39, 0.29) is 36.1 Å². The van der Waals surface area contributed by atoms with Crippen LogP contribution >= 0.6 is 0 Å². The van der Waals surface area contributed by atoms with E-state index in [9.17, 15) is 26.7 Å². The van der Waals surface area contributed by atoms with Gasteiger partial charge < -0.3 is 14.1 Å². The van der Waals surface area contributed by atoms with E-state index >= 15 is 0 Å². The summed E-state index contributed by atoms with van der Waals surface area (Å²) >= 11 is 0. The quantitative estimate of drug-likeness (QED) is 0.326. The molecule has 1 aliphatic heterocycles. The van der Waals surface area contributed by atoms with Gasteiger partial charge in [0.1, 0.15) is 5.58 Å². The second-order valence-corrected chi connectivity index (χ2v) is 8.08. The fourth-order valence-corrected chi connectivity index (χ4v) is 4.41. The van der Waals surface area contributed by atoms with Gasteiger partial charge in [0.2, 0.25) is 5.91 Å². The SMILES string of the molecule is O=C1CC(c2ccc(OC(F)F)c3oc4ccncc4c23)CN1Cc1ccc(C(F)(F)F)cc1. The number of ether oxygens (including phenoxy) is 1. The van der Waals surface area contributed by atoms with Crippen LogP contribution in [-0.4, -0.2) is 28.9 Å². The molecule has 5 rings (SSSR count). The third-order valence-corrected chi connectivity index (χ3v) is 5.94. The summed E-state index contributed by atoms with van der Waals surface area (Å²) in [5, 5.41) is 1.16. The molecule has 34 heavy (non-hydrogen) atoms. The number of amides is 1. The lowest BCUT2D eigenvalue weighted by atomic mass is 9.93. The number of aromatic nitrogens is 1. The van der Waals surface area contributed by atoms with Gasteiger partial charge in [-0.2, -0.15) is 22.0 Å². The van der Waals surface area contributed by atoms with E-state index in [2.05, 4.69) is 9.72 Å². The number of benzene rings is 2. The zero-order valence-electron chi connectivity index (χ0n) is 17.5. The van der Waals surface area contributed by atoms with Crippen molar-refractivity contribution in [2.75, 3.05) is 6.54 Å². The first-order chi connectivity index (χ1) is 16.2. The minimum Gasteiger partial charge on any atom is -0.452 e. The van der Waals surface area contributed by atoms with Crippen molar-refractivity contribution >= 4 is 27.8 Å². The maximum atomic E-state index is 12.9. The molecule has 10 heteroatoms. The number of halogens is 5. The highest BCUT2D eigenvalue weighted by atomic mass is 19.4. The molecule has 2 aromatic carbocycles. The number of rotatable bonds is 5. The first-order valence-corrected chi connectivity index (χ1v) is 10.4. The van der Waals surface area contributed by atoms with E-state index in [1.165, 1.54) is 24.4 Å². The molecule has 0 N–H and O–H groups in total. The van der Waals surface area contributed by atoms with Crippen molar-refractivity contribution < 1.29 is 35.9 Å². The van der Waals surface area contributed by atoms with E-state index in [4.69, 9.17) is 4.42 Å². The van der Waals surface area contributed by atoms with Crippen molar-refractivity contribution in [2.45, 2.75) is 31.7 Å². The number of pyridine rings is 1. The first kappa shape index (κ1) is 22.1. The van der Waals surface area contributed by atoms with Crippen LogP contribution in [0.3, 0.4) is 0 Å². The average Bonchev–Trinajstić information content (AvgIpc) is 3.35. The molecule has 0 radical (unpaired) electrons. The van der Waals surface area contributed by atoms with Gasteiger partial charge in [0.15, 0.2) is 11.3 Å². The maximum Gasteiger partial charge on any atom is 0.416 e. The van der Waals surface area contributed by atoms with Crippen LogP contribution < -0.4 is 4.74 Å². The summed E-state index contributed by atoms with van der Waals surface area (Å²) in [5.74, 6) is -0.543. The van der Waals surface area contributed by atoms with Crippen LogP contribution in [0.1, 0.15) is 29.0 Å². The van der Waals surface area contributed by atoms with Crippen LogP contribution in [0.2, 0.25) is 0 Å². The molecular weight excluding hydrogens is 459 g/mol. The number of hydrogen-bond acceptors (Lipinski definition) is 4. The molecule has 0 saturated carbocycles. The molecule has 0 spiro atoms. The molecule has 1 fully saturated rings. The normalized spacial score (nSPS) is 16.8. The fraction of sp³-hybridized carbons (Fsp3) is 0.250. The zero-order valence-corrected chi connectivity index (χ0v) is 17.5. The fourth-order valence-electron chi connectivity index (χ4n) is 4.41. The number of fused-ring (bicyclic) bond motifs is 3. The Morgan fingerprint density at radius 2 is 1.88 bits per heavy atom. The highest BCUT2D eigenvalue weighted by Gasteiger charge is 2.34. The van der Waals surface area contributed by atoms with E-state index in [0.29, 0.717) is 28.5 Å². The Labute approximate surface area is 189 Å². The number of carbonyl (C=O) groups is 1. The van der Waals surface area contributed by atoms with Gasteiger partial charge >= 0.3 is 12.8 Å². The van der Waals surface area contributed by atoms with Crippen molar-refractivity contribution in [3.05, 3.63) is 71.5 Å². The van der Waals surface area contributed by atoms with Crippen LogP contribution in [0.4, 0.5) is 22.0 Å². The summed E-state index contributed by atoms with van der Waals surface area (Å²) in [6.45, 7) is -2.55. The summed E-state index contributed by atoms with van der Waals surface area (Å²) < 4.78 is 74.7. The predicted octanol–water partition coefficient (Wildman–Crippen LogP) is 6.12. The summed E-state index contributed by atoms with van der Waals surface area (Å²) in [6.07, 6.45) is -1.19. The van der Waals surface area contributed by atoms with Gasteiger partial charge in [0, 0.05) is 48.6 Å². The molecule has 0 bridgehead atoms. The molecule has 5 nitrogen and oxygen atoms in total. The smallest absolute Gasteiger partial charge is 0.416 e. The minimum absolute atomic E-state index is 0.115. The van der Waals surface area contributed by atoms with Crippen molar-refractivity contribution in [1.82, 2.24) is 9.88 Å². The topological polar surface area (TPSA) is 55.6 Å². The van der Waals surface area contributed by atoms with Gasteiger partial charge in [0.05, 0.1) is 5.56 Å². The van der Waals surface area contributed by atoms with Gasteiger partial charge in [-0.05, 0) is 35.4 Å². The molecule has 3 heterocycles. The number of furan rings is 1. The zero-order chi connectivity index (χ0) is 24.0. The monoisotopic (exact) mass is 476 g/mol. The van der Waals surface area contributed by atoms with Crippen LogP contribution in [0.5, 0.6) is 5.75 Å². The van der Waals surface area contributed by atoms with Crippen LogP contribution in [0.25, 0.3) is 21.9 Å². The number of nitrogens with zero attached hydrogens (tertiary/aromatic N) is 2. The molecule has 1 saturated heterocycles. The van der Waals surface area contributed by atoms with E-state index < -0.39 is 18.4 Å². The molecule has 1 aliphatic rings. The molecule has 1 unspecified atom stereocenters. The number of alkyl halides is 5. The van der Waals surface area contributed by atoms with E-state index in [1.807, 2.05) is 0 Å². The van der Waals surface area contributed by atoms with Crippen molar-refractivity contribution in [3.63, 3.8) is 0 Å². The van der Waals surface area contributed by atoms with Crippen LogP contribution in [0, 0.1) is 0 Å². The lowest BCUT2D eigenvalue weighted by Gasteiger charge is -2.18. The summed E-state index contributed by atoms with van der Waals surface area (Å²) in [6, 6.07) is 9.33. The molecule has 4 aromatic rings. The third-order valence-electron chi connectivity index (χ3n) is 5.94. The largest absolute Gasteiger partial charge is 0.452 e. The van der Waals surface area contributed by atoms with Gasteiger partial charge in [-0.1, -0.05) is 18.2 Å².